The van der Waals surface area contributed by atoms with Gasteiger partial charge in [0, 0.05) is 23.8 Å². The molecule has 1 saturated heterocycles. The van der Waals surface area contributed by atoms with E-state index in [-0.39, 0.29) is 23.0 Å². The van der Waals surface area contributed by atoms with Gasteiger partial charge < -0.3 is 15.0 Å². The van der Waals surface area contributed by atoms with Crippen molar-refractivity contribution >= 4 is 57.4 Å². The Hall–Kier alpha value is -1.84. The van der Waals surface area contributed by atoms with Crippen LogP contribution in [0.3, 0.4) is 0 Å². The van der Waals surface area contributed by atoms with Crippen LogP contribution in [0.15, 0.2) is 22.5 Å². The molecule has 0 spiro atoms. The first-order valence-electron chi connectivity index (χ1n) is 9.86. The summed E-state index contributed by atoms with van der Waals surface area (Å²) in [5.74, 6) is -0.211. The first-order valence-corrected chi connectivity index (χ1v) is 11.9. The molecule has 3 rings (SSSR count). The Kier molecular flexibility index (Phi) is 7.96. The Morgan fingerprint density at radius 1 is 1.37 bits per heavy atom. The minimum Gasteiger partial charge on any atom is -0.466 e. The van der Waals surface area contributed by atoms with Crippen molar-refractivity contribution in [3.05, 3.63) is 28.8 Å². The van der Waals surface area contributed by atoms with Crippen molar-refractivity contribution in [2.45, 2.75) is 43.2 Å². The highest BCUT2D eigenvalue weighted by Gasteiger charge is 2.30. The maximum absolute atomic E-state index is 12.8. The summed E-state index contributed by atoms with van der Waals surface area (Å²) in [6.07, 6.45) is 1.29. The van der Waals surface area contributed by atoms with Gasteiger partial charge in [-0.2, -0.15) is 0 Å². The molecule has 2 heterocycles. The van der Waals surface area contributed by atoms with E-state index >= 15 is 0 Å². The van der Waals surface area contributed by atoms with Crippen molar-refractivity contribution in [1.29, 1.82) is 0 Å². The zero-order valence-electron chi connectivity index (χ0n) is 17.2. The molecule has 1 amide bonds. The molecule has 1 unspecified atom stereocenters. The second-order valence-electron chi connectivity index (χ2n) is 7.02. The van der Waals surface area contributed by atoms with Gasteiger partial charge in [0.05, 0.1) is 17.8 Å². The molecule has 10 heteroatoms. The van der Waals surface area contributed by atoms with Crippen LogP contribution in [-0.2, 0) is 14.3 Å². The summed E-state index contributed by atoms with van der Waals surface area (Å²) >= 11 is 8.95. The van der Waals surface area contributed by atoms with Crippen LogP contribution in [0, 0.1) is 12.8 Å². The largest absolute Gasteiger partial charge is 0.466 e. The number of ether oxygens (including phenoxy) is 1. The van der Waals surface area contributed by atoms with Crippen molar-refractivity contribution in [3.63, 3.8) is 0 Å². The molecular weight excluding hydrogens is 444 g/mol. The number of nitrogens with one attached hydrogen (secondary N) is 1. The van der Waals surface area contributed by atoms with Gasteiger partial charge >= 0.3 is 5.97 Å². The number of halogens is 1. The lowest BCUT2D eigenvalue weighted by molar-refractivity contribution is -0.151. The second kappa shape index (κ2) is 10.5. The molecule has 7 nitrogen and oxygen atoms in total. The van der Waals surface area contributed by atoms with Crippen molar-refractivity contribution < 1.29 is 14.3 Å². The molecular formula is C20H25ClN4O3S2. The van der Waals surface area contributed by atoms with Crippen LogP contribution < -0.4 is 5.32 Å². The minimum absolute atomic E-state index is 0.0534. The highest BCUT2D eigenvalue weighted by Crippen LogP contribution is 2.33. The number of hydrogen-bond acceptors (Lipinski definition) is 8. The molecule has 0 saturated carbocycles. The maximum atomic E-state index is 12.8. The van der Waals surface area contributed by atoms with Gasteiger partial charge in [0.1, 0.15) is 0 Å². The smallest absolute Gasteiger partial charge is 0.309 e. The standard InChI is InChI=1S/C20H25ClN4O3S2/c1-4-28-18(27)14-8-10-25(11-9-14)17(26)13(3)29-20-24-23-19(30-20)22-16-7-5-6-15(21)12(16)2/h5-7,13-14H,4,8-11H2,1-3H3,(H,22,23). The third-order valence-corrected chi connectivity index (χ3v) is 7.39. The number of nitrogens with zero attached hydrogens (tertiary/aromatic N) is 3. The molecule has 0 radical (unpaired) electrons. The number of likely N-dealkylation sites (tertiary alicyclic amines) is 1. The van der Waals surface area contributed by atoms with Gasteiger partial charge in [0.25, 0.3) is 0 Å². The van der Waals surface area contributed by atoms with E-state index in [1.54, 1.807) is 6.92 Å². The molecule has 2 aromatic rings. The molecule has 0 aliphatic carbocycles. The molecule has 1 aromatic heterocycles. The van der Waals surface area contributed by atoms with E-state index < -0.39 is 0 Å². The van der Waals surface area contributed by atoms with Crippen LogP contribution in [0.4, 0.5) is 10.8 Å². The summed E-state index contributed by atoms with van der Waals surface area (Å²) in [6.45, 7) is 7.16. The molecule has 30 heavy (non-hydrogen) atoms. The predicted octanol–water partition coefficient (Wildman–Crippen LogP) is 4.53. The lowest BCUT2D eigenvalue weighted by Crippen LogP contribution is -2.43. The zero-order chi connectivity index (χ0) is 21.7. The molecule has 0 bridgehead atoms. The topological polar surface area (TPSA) is 84.4 Å². The SMILES string of the molecule is CCOC(=O)C1CCN(C(=O)C(C)Sc2nnc(Nc3cccc(Cl)c3C)s2)CC1. The molecule has 1 fully saturated rings. The Bertz CT molecular complexity index is 900. The Morgan fingerprint density at radius 2 is 2.10 bits per heavy atom. The monoisotopic (exact) mass is 468 g/mol. The first kappa shape index (κ1) is 22.8. The number of esters is 1. The van der Waals surface area contributed by atoms with E-state index in [4.69, 9.17) is 16.3 Å². The lowest BCUT2D eigenvalue weighted by atomic mass is 9.97. The number of amides is 1. The van der Waals surface area contributed by atoms with Gasteiger partial charge in [-0.15, -0.1) is 10.2 Å². The first-order chi connectivity index (χ1) is 14.4. The number of benzene rings is 1. The lowest BCUT2D eigenvalue weighted by Gasteiger charge is -2.32. The summed E-state index contributed by atoms with van der Waals surface area (Å²) in [6, 6.07) is 5.65. The number of aromatic nitrogens is 2. The van der Waals surface area contributed by atoms with Gasteiger partial charge in [-0.25, -0.2) is 0 Å². The van der Waals surface area contributed by atoms with Gasteiger partial charge in [-0.05, 0) is 51.3 Å². The fourth-order valence-electron chi connectivity index (χ4n) is 3.22. The van der Waals surface area contributed by atoms with E-state index in [9.17, 15) is 9.59 Å². The van der Waals surface area contributed by atoms with Gasteiger partial charge in [0.2, 0.25) is 11.0 Å². The van der Waals surface area contributed by atoms with E-state index in [1.165, 1.54) is 23.1 Å². The van der Waals surface area contributed by atoms with Crippen molar-refractivity contribution in [2.75, 3.05) is 25.0 Å². The van der Waals surface area contributed by atoms with Gasteiger partial charge in [-0.3, -0.25) is 9.59 Å². The Morgan fingerprint density at radius 3 is 2.80 bits per heavy atom. The third kappa shape index (κ3) is 5.65. The Balaban J connectivity index is 1.53. The predicted molar refractivity (Wildman–Crippen MR) is 121 cm³/mol. The number of hydrogen-bond donors (Lipinski definition) is 1. The fraction of sp³-hybridized carbons (Fsp3) is 0.500. The van der Waals surface area contributed by atoms with Gasteiger partial charge in [-0.1, -0.05) is 40.8 Å². The number of carbonyl (C=O) groups excluding carboxylic acids is 2. The molecule has 1 aromatic carbocycles. The quantitative estimate of drug-likeness (QED) is 0.472. The van der Waals surface area contributed by atoms with Crippen molar-refractivity contribution in [3.8, 4) is 0 Å². The van der Waals surface area contributed by atoms with Crippen molar-refractivity contribution in [1.82, 2.24) is 15.1 Å². The highest BCUT2D eigenvalue weighted by molar-refractivity contribution is 8.02. The summed E-state index contributed by atoms with van der Waals surface area (Å²) in [7, 11) is 0. The summed E-state index contributed by atoms with van der Waals surface area (Å²) < 4.78 is 5.81. The van der Waals surface area contributed by atoms with Crippen LogP contribution in [0.1, 0.15) is 32.3 Å². The number of rotatable bonds is 7. The van der Waals surface area contributed by atoms with E-state index in [1.807, 2.05) is 36.9 Å². The van der Waals surface area contributed by atoms with Crippen LogP contribution in [0.5, 0.6) is 0 Å². The second-order valence-corrected chi connectivity index (χ2v) is 9.99. The van der Waals surface area contributed by atoms with E-state index in [0.29, 0.717) is 42.7 Å². The van der Waals surface area contributed by atoms with Crippen LogP contribution in [-0.4, -0.2) is 51.9 Å². The van der Waals surface area contributed by atoms with Crippen LogP contribution >= 0.6 is 34.7 Å². The summed E-state index contributed by atoms with van der Waals surface area (Å²) in [4.78, 5) is 26.5. The summed E-state index contributed by atoms with van der Waals surface area (Å²) in [5.41, 5.74) is 1.82. The summed E-state index contributed by atoms with van der Waals surface area (Å²) in [5, 5.41) is 12.7. The van der Waals surface area contributed by atoms with Crippen molar-refractivity contribution in [2.24, 2.45) is 5.92 Å². The number of thioether (sulfide) groups is 1. The van der Waals surface area contributed by atoms with E-state index in [2.05, 4.69) is 15.5 Å². The number of piperidine rings is 1. The highest BCUT2D eigenvalue weighted by atomic mass is 35.5. The maximum Gasteiger partial charge on any atom is 0.309 e. The van der Waals surface area contributed by atoms with Gasteiger partial charge in [0.15, 0.2) is 4.34 Å². The third-order valence-electron chi connectivity index (χ3n) is 4.97. The molecule has 1 N–H and O–H groups in total. The Labute approximate surface area is 189 Å². The minimum atomic E-state index is -0.280. The fourth-order valence-corrected chi connectivity index (χ4v) is 5.39. The molecule has 1 aliphatic rings. The van der Waals surface area contributed by atoms with E-state index in [0.717, 1.165) is 15.6 Å². The average Bonchev–Trinajstić information content (AvgIpc) is 3.18. The molecule has 1 aliphatic heterocycles. The zero-order valence-corrected chi connectivity index (χ0v) is 19.6. The number of carbonyl (C=O) groups is 2. The normalized spacial score (nSPS) is 15.7. The van der Waals surface area contributed by atoms with Crippen LogP contribution in [0.25, 0.3) is 0 Å². The molecule has 162 valence electrons. The molecule has 1 atom stereocenters. The number of anilines is 2. The van der Waals surface area contributed by atoms with Crippen LogP contribution in [0.2, 0.25) is 5.02 Å². The average molecular weight is 469 g/mol.